The highest BCUT2D eigenvalue weighted by atomic mass is 16.5. The first-order valence-corrected chi connectivity index (χ1v) is 6.40. The van der Waals surface area contributed by atoms with Gasteiger partial charge >= 0.3 is 11.7 Å². The molecule has 0 aliphatic heterocycles. The Morgan fingerprint density at radius 3 is 2.57 bits per heavy atom. The molecule has 0 saturated heterocycles. The number of carbonyl (C=O) groups is 1. The van der Waals surface area contributed by atoms with Crippen LogP contribution >= 0.6 is 0 Å². The van der Waals surface area contributed by atoms with Crippen LogP contribution in [0.4, 0.5) is 0 Å². The van der Waals surface area contributed by atoms with Crippen molar-refractivity contribution in [1.82, 2.24) is 14.3 Å². The van der Waals surface area contributed by atoms with Gasteiger partial charge in [0.2, 0.25) is 5.69 Å². The first kappa shape index (κ1) is 14.7. The maximum Gasteiger partial charge on any atom is 0.364 e. The molecule has 0 saturated carbocycles. The van der Waals surface area contributed by atoms with Gasteiger partial charge in [-0.25, -0.2) is 18.8 Å². The second kappa shape index (κ2) is 5.74. The maximum atomic E-state index is 12.4. The van der Waals surface area contributed by atoms with Crippen molar-refractivity contribution in [3.05, 3.63) is 56.4 Å². The zero-order valence-electron chi connectivity index (χ0n) is 12.0. The third-order valence-electron chi connectivity index (χ3n) is 2.95. The smallest absolute Gasteiger partial charge is 0.364 e. The summed E-state index contributed by atoms with van der Waals surface area (Å²) in [4.78, 5) is 36.4. The van der Waals surface area contributed by atoms with Gasteiger partial charge in [0.25, 0.3) is 5.56 Å². The fourth-order valence-electron chi connectivity index (χ4n) is 1.93. The maximum absolute atomic E-state index is 12.4. The second-order valence-corrected chi connectivity index (χ2v) is 4.40. The van der Waals surface area contributed by atoms with Crippen LogP contribution in [0.3, 0.4) is 0 Å². The molecule has 1 aromatic heterocycles. The van der Waals surface area contributed by atoms with Crippen LogP contribution in [0.2, 0.25) is 0 Å². The van der Waals surface area contributed by atoms with E-state index in [1.54, 1.807) is 38.1 Å². The van der Waals surface area contributed by atoms with E-state index in [1.807, 2.05) is 0 Å². The largest absolute Gasteiger partial charge is 0.461 e. The highest BCUT2D eigenvalue weighted by molar-refractivity contribution is 5.86. The molecule has 0 amide bonds. The summed E-state index contributed by atoms with van der Waals surface area (Å²) in [7, 11) is 1.37. The standard InChI is InChI=1S/C14H15N3O4/c1-4-21-13(19)11-12(18)17(14(20)16(3)15-11)10-8-6-5-7-9(10)2/h5-8H,4H2,1-3H3. The first-order valence-electron chi connectivity index (χ1n) is 6.40. The summed E-state index contributed by atoms with van der Waals surface area (Å²) >= 11 is 0. The Hall–Kier alpha value is -2.70. The molecule has 1 heterocycles. The lowest BCUT2D eigenvalue weighted by molar-refractivity contribution is 0.0513. The molecule has 0 bridgehead atoms. The predicted molar refractivity (Wildman–Crippen MR) is 75.8 cm³/mol. The number of para-hydroxylation sites is 1. The Morgan fingerprint density at radius 1 is 1.29 bits per heavy atom. The summed E-state index contributed by atoms with van der Waals surface area (Å²) in [5.74, 6) is -0.847. The van der Waals surface area contributed by atoms with E-state index in [0.29, 0.717) is 5.69 Å². The molecule has 0 fully saturated rings. The van der Waals surface area contributed by atoms with Gasteiger partial charge in [0.05, 0.1) is 12.3 Å². The molecule has 0 N–H and O–H groups in total. The third kappa shape index (κ3) is 2.62. The van der Waals surface area contributed by atoms with Gasteiger partial charge < -0.3 is 4.74 Å². The van der Waals surface area contributed by atoms with Gasteiger partial charge in [0, 0.05) is 7.05 Å². The van der Waals surface area contributed by atoms with E-state index in [2.05, 4.69) is 5.10 Å². The van der Waals surface area contributed by atoms with Gasteiger partial charge in [-0.2, -0.15) is 5.10 Å². The molecule has 2 rings (SSSR count). The van der Waals surface area contributed by atoms with Gasteiger partial charge in [0.1, 0.15) is 0 Å². The molecule has 0 atom stereocenters. The molecular formula is C14H15N3O4. The fourth-order valence-corrected chi connectivity index (χ4v) is 1.93. The lowest BCUT2D eigenvalue weighted by Crippen LogP contribution is -2.43. The normalized spacial score (nSPS) is 10.4. The molecule has 0 spiro atoms. The third-order valence-corrected chi connectivity index (χ3v) is 2.95. The van der Waals surface area contributed by atoms with Gasteiger partial charge in [-0.15, -0.1) is 0 Å². The summed E-state index contributed by atoms with van der Waals surface area (Å²) in [5.41, 5.74) is -0.677. The minimum absolute atomic E-state index is 0.118. The van der Waals surface area contributed by atoms with Crippen LogP contribution in [0.15, 0.2) is 33.9 Å². The van der Waals surface area contributed by atoms with E-state index >= 15 is 0 Å². The van der Waals surface area contributed by atoms with Crippen molar-refractivity contribution < 1.29 is 9.53 Å². The van der Waals surface area contributed by atoms with Crippen LogP contribution in [-0.2, 0) is 11.8 Å². The molecule has 0 unspecified atom stereocenters. The highest BCUT2D eigenvalue weighted by Crippen LogP contribution is 2.09. The Kier molecular flexibility index (Phi) is 4.02. The quantitative estimate of drug-likeness (QED) is 0.764. The zero-order chi connectivity index (χ0) is 15.6. The van der Waals surface area contributed by atoms with Crippen molar-refractivity contribution in [1.29, 1.82) is 0 Å². The summed E-state index contributed by atoms with van der Waals surface area (Å²) < 4.78 is 6.66. The molecule has 7 nitrogen and oxygen atoms in total. The van der Waals surface area contributed by atoms with Crippen molar-refractivity contribution in [2.24, 2.45) is 7.05 Å². The fraction of sp³-hybridized carbons (Fsp3) is 0.286. The number of benzene rings is 1. The van der Waals surface area contributed by atoms with Crippen molar-refractivity contribution >= 4 is 5.97 Å². The van der Waals surface area contributed by atoms with Crippen molar-refractivity contribution in [2.75, 3.05) is 6.61 Å². The first-order chi connectivity index (χ1) is 9.97. The van der Waals surface area contributed by atoms with Gasteiger partial charge in [-0.1, -0.05) is 18.2 Å². The molecule has 0 aliphatic rings. The van der Waals surface area contributed by atoms with Crippen LogP contribution < -0.4 is 11.2 Å². The summed E-state index contributed by atoms with van der Waals surface area (Å²) in [6.07, 6.45) is 0. The molecular weight excluding hydrogens is 274 g/mol. The molecule has 110 valence electrons. The van der Waals surface area contributed by atoms with E-state index in [1.165, 1.54) is 7.05 Å². The van der Waals surface area contributed by atoms with E-state index < -0.39 is 22.9 Å². The van der Waals surface area contributed by atoms with E-state index in [0.717, 1.165) is 14.8 Å². The Balaban J connectivity index is 2.78. The molecule has 7 heteroatoms. The average molecular weight is 289 g/mol. The van der Waals surface area contributed by atoms with Gasteiger partial charge in [0.15, 0.2) is 0 Å². The van der Waals surface area contributed by atoms with Crippen LogP contribution in [0.5, 0.6) is 0 Å². The van der Waals surface area contributed by atoms with Gasteiger partial charge in [-0.3, -0.25) is 4.79 Å². The monoisotopic (exact) mass is 289 g/mol. The Labute approximate surface area is 120 Å². The zero-order valence-corrected chi connectivity index (χ0v) is 12.0. The number of ether oxygens (including phenoxy) is 1. The van der Waals surface area contributed by atoms with E-state index in [9.17, 15) is 14.4 Å². The number of esters is 1. The molecule has 0 radical (unpaired) electrons. The number of aromatic nitrogens is 3. The Morgan fingerprint density at radius 2 is 1.95 bits per heavy atom. The minimum Gasteiger partial charge on any atom is -0.461 e. The molecule has 1 aromatic carbocycles. The topological polar surface area (TPSA) is 83.2 Å². The lowest BCUT2D eigenvalue weighted by atomic mass is 10.2. The number of hydrogen-bond donors (Lipinski definition) is 0. The lowest BCUT2D eigenvalue weighted by Gasteiger charge is -2.10. The Bertz CT molecular complexity index is 805. The second-order valence-electron chi connectivity index (χ2n) is 4.40. The molecule has 0 aliphatic carbocycles. The van der Waals surface area contributed by atoms with Crippen LogP contribution in [-0.4, -0.2) is 26.9 Å². The average Bonchev–Trinajstić information content (AvgIpc) is 2.45. The number of hydrogen-bond acceptors (Lipinski definition) is 5. The van der Waals surface area contributed by atoms with Crippen LogP contribution in [0.1, 0.15) is 23.0 Å². The van der Waals surface area contributed by atoms with Crippen molar-refractivity contribution in [3.8, 4) is 5.69 Å². The number of nitrogens with zero attached hydrogens (tertiary/aromatic N) is 3. The van der Waals surface area contributed by atoms with Crippen molar-refractivity contribution in [3.63, 3.8) is 0 Å². The summed E-state index contributed by atoms with van der Waals surface area (Å²) in [5, 5.41) is 3.70. The predicted octanol–water partition coefficient (Wildman–Crippen LogP) is 0.416. The number of aryl methyl sites for hydroxylation is 2. The molecule has 21 heavy (non-hydrogen) atoms. The number of rotatable bonds is 3. The summed E-state index contributed by atoms with van der Waals surface area (Å²) in [6.45, 7) is 3.51. The summed E-state index contributed by atoms with van der Waals surface area (Å²) in [6, 6.07) is 6.90. The minimum atomic E-state index is -0.847. The SMILES string of the molecule is CCOC(=O)c1nn(C)c(=O)n(-c2ccccc2C)c1=O. The van der Waals surface area contributed by atoms with Crippen LogP contribution in [0.25, 0.3) is 5.69 Å². The van der Waals surface area contributed by atoms with Crippen LogP contribution in [0, 0.1) is 6.92 Å². The number of carbonyl (C=O) groups excluding carboxylic acids is 1. The van der Waals surface area contributed by atoms with E-state index in [-0.39, 0.29) is 6.61 Å². The molecule has 2 aromatic rings. The van der Waals surface area contributed by atoms with Crippen molar-refractivity contribution in [2.45, 2.75) is 13.8 Å². The van der Waals surface area contributed by atoms with Gasteiger partial charge in [-0.05, 0) is 25.5 Å². The van der Waals surface area contributed by atoms with E-state index in [4.69, 9.17) is 4.74 Å². The highest BCUT2D eigenvalue weighted by Gasteiger charge is 2.20.